The van der Waals surface area contributed by atoms with Crippen molar-refractivity contribution in [2.45, 2.75) is 20.1 Å². The number of nitrogens with zero attached hydrogens (tertiary/aromatic N) is 2. The van der Waals surface area contributed by atoms with Crippen LogP contribution in [0.4, 0.5) is 4.79 Å². The van der Waals surface area contributed by atoms with Crippen LogP contribution in [0.25, 0.3) is 0 Å². The number of rotatable bonds is 6. The SMILES string of the molecule is Cc1cc(OC(=O)O)nn1Cc1cc(Br)ccc1OCc1cccc(Cl)c1. The summed E-state index contributed by atoms with van der Waals surface area (Å²) in [6, 6.07) is 14.8. The van der Waals surface area contributed by atoms with Crippen molar-refractivity contribution in [1.82, 2.24) is 9.78 Å². The number of ether oxygens (including phenoxy) is 2. The zero-order valence-electron chi connectivity index (χ0n) is 14.4. The van der Waals surface area contributed by atoms with Gasteiger partial charge in [-0.2, -0.15) is 0 Å². The van der Waals surface area contributed by atoms with Crippen LogP contribution in [0.5, 0.6) is 11.6 Å². The van der Waals surface area contributed by atoms with Crippen molar-refractivity contribution in [3.05, 3.63) is 74.8 Å². The van der Waals surface area contributed by atoms with Crippen LogP contribution in [0, 0.1) is 6.92 Å². The molecule has 3 rings (SSSR count). The molecule has 27 heavy (non-hydrogen) atoms. The molecule has 0 unspecified atom stereocenters. The van der Waals surface area contributed by atoms with E-state index in [-0.39, 0.29) is 5.88 Å². The summed E-state index contributed by atoms with van der Waals surface area (Å²) < 4.78 is 13.1. The molecule has 0 aliphatic heterocycles. The zero-order valence-corrected chi connectivity index (χ0v) is 16.7. The quantitative estimate of drug-likeness (QED) is 0.515. The molecule has 0 saturated carbocycles. The van der Waals surface area contributed by atoms with Gasteiger partial charge in [-0.05, 0) is 42.8 Å². The van der Waals surface area contributed by atoms with Crippen LogP contribution >= 0.6 is 27.5 Å². The maximum absolute atomic E-state index is 10.7. The van der Waals surface area contributed by atoms with Gasteiger partial charge in [-0.1, -0.05) is 39.7 Å². The minimum atomic E-state index is -1.40. The van der Waals surface area contributed by atoms with E-state index in [2.05, 4.69) is 25.8 Å². The van der Waals surface area contributed by atoms with Crippen molar-refractivity contribution in [2.24, 2.45) is 0 Å². The van der Waals surface area contributed by atoms with E-state index in [1.165, 1.54) is 0 Å². The lowest BCUT2D eigenvalue weighted by molar-refractivity contribution is 0.142. The highest BCUT2D eigenvalue weighted by Gasteiger charge is 2.12. The predicted octanol–water partition coefficient (Wildman–Crippen LogP) is 5.29. The number of hydrogen-bond donors (Lipinski definition) is 1. The molecular weight excluding hydrogens is 436 g/mol. The first-order valence-electron chi connectivity index (χ1n) is 8.01. The van der Waals surface area contributed by atoms with Crippen LogP contribution in [-0.4, -0.2) is 21.0 Å². The Morgan fingerprint density at radius 2 is 2.07 bits per heavy atom. The van der Waals surface area contributed by atoms with Crippen LogP contribution in [-0.2, 0) is 13.2 Å². The summed E-state index contributed by atoms with van der Waals surface area (Å²) in [5, 5.41) is 13.6. The van der Waals surface area contributed by atoms with Gasteiger partial charge in [0.15, 0.2) is 0 Å². The largest absolute Gasteiger partial charge is 0.512 e. The van der Waals surface area contributed by atoms with Gasteiger partial charge in [0.2, 0.25) is 5.88 Å². The topological polar surface area (TPSA) is 73.6 Å². The molecule has 0 aliphatic rings. The van der Waals surface area contributed by atoms with Gasteiger partial charge >= 0.3 is 6.16 Å². The average molecular weight is 452 g/mol. The Kier molecular flexibility index (Phi) is 6.03. The number of hydrogen-bond acceptors (Lipinski definition) is 4. The Morgan fingerprint density at radius 3 is 2.81 bits per heavy atom. The highest BCUT2D eigenvalue weighted by atomic mass is 79.9. The highest BCUT2D eigenvalue weighted by Crippen LogP contribution is 2.26. The molecule has 0 fully saturated rings. The van der Waals surface area contributed by atoms with Crippen molar-refractivity contribution in [3.63, 3.8) is 0 Å². The standard InChI is InChI=1S/C19H16BrClN2O4/c1-12-7-18(27-19(24)25)22-23(12)10-14-9-15(20)5-6-17(14)26-11-13-3-2-4-16(21)8-13/h2-9H,10-11H2,1H3,(H,24,25). The fourth-order valence-electron chi connectivity index (χ4n) is 2.54. The molecule has 0 bridgehead atoms. The molecule has 140 valence electrons. The number of aromatic nitrogens is 2. The lowest BCUT2D eigenvalue weighted by Crippen LogP contribution is -2.08. The van der Waals surface area contributed by atoms with Gasteiger partial charge in [0.25, 0.3) is 0 Å². The molecule has 1 aromatic heterocycles. The third-order valence-corrected chi connectivity index (χ3v) is 4.51. The lowest BCUT2D eigenvalue weighted by Gasteiger charge is -2.13. The van der Waals surface area contributed by atoms with Crippen LogP contribution in [0.1, 0.15) is 16.8 Å². The summed E-state index contributed by atoms with van der Waals surface area (Å²) in [4.78, 5) is 10.7. The molecule has 1 N–H and O–H groups in total. The van der Waals surface area contributed by atoms with E-state index in [9.17, 15) is 4.79 Å². The third-order valence-electron chi connectivity index (χ3n) is 3.78. The number of aryl methyl sites for hydroxylation is 1. The molecule has 8 heteroatoms. The molecule has 0 amide bonds. The number of carboxylic acid groups (broad SMARTS) is 1. The van der Waals surface area contributed by atoms with Crippen LogP contribution in [0.15, 0.2) is 53.0 Å². The van der Waals surface area contributed by atoms with Gasteiger partial charge in [-0.15, -0.1) is 5.10 Å². The van der Waals surface area contributed by atoms with Crippen molar-refractivity contribution in [2.75, 3.05) is 0 Å². The zero-order chi connectivity index (χ0) is 19.4. The lowest BCUT2D eigenvalue weighted by atomic mass is 10.2. The second-order valence-corrected chi connectivity index (χ2v) is 7.17. The summed E-state index contributed by atoms with van der Waals surface area (Å²) in [5.41, 5.74) is 2.62. The van der Waals surface area contributed by atoms with Crippen molar-refractivity contribution >= 4 is 33.7 Å². The third kappa shape index (κ3) is 5.24. The summed E-state index contributed by atoms with van der Waals surface area (Å²) in [5.74, 6) is 0.741. The summed E-state index contributed by atoms with van der Waals surface area (Å²) >= 11 is 9.48. The number of carbonyl (C=O) groups is 1. The van der Waals surface area contributed by atoms with Gasteiger partial charge in [-0.25, -0.2) is 4.79 Å². The van der Waals surface area contributed by atoms with E-state index in [4.69, 9.17) is 21.4 Å². The second kappa shape index (κ2) is 8.45. The van der Waals surface area contributed by atoms with Crippen molar-refractivity contribution < 1.29 is 19.4 Å². The maximum Gasteiger partial charge on any atom is 0.512 e. The minimum Gasteiger partial charge on any atom is -0.489 e. The maximum atomic E-state index is 10.7. The molecule has 3 aromatic rings. The molecule has 1 heterocycles. The van der Waals surface area contributed by atoms with E-state index in [0.717, 1.165) is 21.3 Å². The minimum absolute atomic E-state index is 0.0383. The molecule has 0 radical (unpaired) electrons. The Morgan fingerprint density at radius 1 is 1.26 bits per heavy atom. The summed E-state index contributed by atoms with van der Waals surface area (Å²) in [7, 11) is 0. The van der Waals surface area contributed by atoms with Gasteiger partial charge in [0.1, 0.15) is 12.4 Å². The van der Waals surface area contributed by atoms with E-state index in [0.29, 0.717) is 23.9 Å². The Hall–Kier alpha value is -2.51. The Balaban J connectivity index is 1.80. The normalized spacial score (nSPS) is 10.6. The molecule has 6 nitrogen and oxygen atoms in total. The molecule has 0 atom stereocenters. The molecular formula is C19H16BrClN2O4. The van der Waals surface area contributed by atoms with Crippen LogP contribution in [0.3, 0.4) is 0 Å². The van der Waals surface area contributed by atoms with E-state index < -0.39 is 6.16 Å². The highest BCUT2D eigenvalue weighted by molar-refractivity contribution is 9.10. The van der Waals surface area contributed by atoms with Crippen LogP contribution in [0.2, 0.25) is 5.02 Å². The number of halogens is 2. The van der Waals surface area contributed by atoms with E-state index in [1.54, 1.807) is 10.7 Å². The molecule has 0 saturated heterocycles. The van der Waals surface area contributed by atoms with Crippen molar-refractivity contribution in [3.8, 4) is 11.6 Å². The molecule has 2 aromatic carbocycles. The predicted molar refractivity (Wildman–Crippen MR) is 105 cm³/mol. The monoisotopic (exact) mass is 450 g/mol. The first-order chi connectivity index (χ1) is 12.9. The fraction of sp³-hybridized carbons (Fsp3) is 0.158. The second-order valence-electron chi connectivity index (χ2n) is 5.82. The van der Waals surface area contributed by atoms with Gasteiger partial charge in [0, 0.05) is 26.8 Å². The molecule has 0 spiro atoms. The fourth-order valence-corrected chi connectivity index (χ4v) is 3.16. The number of benzene rings is 2. The van der Waals surface area contributed by atoms with Crippen LogP contribution < -0.4 is 9.47 Å². The summed E-state index contributed by atoms with van der Waals surface area (Å²) in [6.45, 7) is 2.60. The molecule has 0 aliphatic carbocycles. The van der Waals surface area contributed by atoms with Crippen molar-refractivity contribution in [1.29, 1.82) is 0 Å². The first kappa shape index (κ1) is 19.3. The summed E-state index contributed by atoms with van der Waals surface area (Å²) in [6.07, 6.45) is -1.40. The van der Waals surface area contributed by atoms with Gasteiger partial charge in [-0.3, -0.25) is 4.68 Å². The van der Waals surface area contributed by atoms with Gasteiger partial charge < -0.3 is 14.6 Å². The Bertz CT molecular complexity index is 974. The van der Waals surface area contributed by atoms with E-state index >= 15 is 0 Å². The smallest absolute Gasteiger partial charge is 0.489 e. The average Bonchev–Trinajstić information content (AvgIpc) is 2.92. The Labute approximate surface area is 169 Å². The van der Waals surface area contributed by atoms with Gasteiger partial charge in [0.05, 0.1) is 6.54 Å². The van der Waals surface area contributed by atoms with E-state index in [1.807, 2.05) is 49.4 Å². The first-order valence-corrected chi connectivity index (χ1v) is 9.19.